The molecule has 2 heterocycles. The Morgan fingerprint density at radius 3 is 2.60 bits per heavy atom. The summed E-state index contributed by atoms with van der Waals surface area (Å²) in [6.07, 6.45) is 1.80. The second-order valence-electron chi connectivity index (χ2n) is 4.62. The Labute approximate surface area is 123 Å². The molecule has 2 aromatic rings. The standard InChI is InChI=1S/C15H16ClN3O/c16-12-3-5-13(6-4-12)20-14-2-1-7-18-15(14)19-10-8-17-9-11-19/h1-7,17H,8-11H2. The van der Waals surface area contributed by atoms with Crippen molar-refractivity contribution in [1.29, 1.82) is 0 Å². The van der Waals surface area contributed by atoms with Gasteiger partial charge >= 0.3 is 0 Å². The molecular formula is C15H16ClN3O. The number of nitrogens with one attached hydrogen (secondary N) is 1. The number of benzene rings is 1. The topological polar surface area (TPSA) is 37.4 Å². The predicted octanol–water partition coefficient (Wildman–Crippen LogP) is 2.94. The van der Waals surface area contributed by atoms with Crippen molar-refractivity contribution in [1.82, 2.24) is 10.3 Å². The Hall–Kier alpha value is -1.78. The molecule has 0 aliphatic carbocycles. The highest BCUT2D eigenvalue weighted by atomic mass is 35.5. The van der Waals surface area contributed by atoms with Gasteiger partial charge in [-0.15, -0.1) is 0 Å². The van der Waals surface area contributed by atoms with Crippen LogP contribution in [0.5, 0.6) is 11.5 Å². The SMILES string of the molecule is Clc1ccc(Oc2cccnc2N2CCNCC2)cc1. The summed E-state index contributed by atoms with van der Waals surface area (Å²) < 4.78 is 5.93. The molecule has 0 unspecified atom stereocenters. The summed E-state index contributed by atoms with van der Waals surface area (Å²) in [5.41, 5.74) is 0. The van der Waals surface area contributed by atoms with Crippen molar-refractivity contribution in [3.05, 3.63) is 47.6 Å². The molecule has 1 N–H and O–H groups in total. The number of hydrogen-bond donors (Lipinski definition) is 1. The summed E-state index contributed by atoms with van der Waals surface area (Å²) in [6.45, 7) is 3.82. The molecule has 0 amide bonds. The van der Waals surface area contributed by atoms with Crippen molar-refractivity contribution in [3.8, 4) is 11.5 Å². The van der Waals surface area contributed by atoms with Crippen molar-refractivity contribution >= 4 is 17.4 Å². The number of ether oxygens (including phenoxy) is 1. The Kier molecular flexibility index (Phi) is 4.04. The maximum Gasteiger partial charge on any atom is 0.172 e. The molecule has 0 saturated carbocycles. The van der Waals surface area contributed by atoms with Gasteiger partial charge in [0.05, 0.1) is 0 Å². The van der Waals surface area contributed by atoms with E-state index in [-0.39, 0.29) is 0 Å². The lowest BCUT2D eigenvalue weighted by molar-refractivity contribution is 0.475. The maximum atomic E-state index is 5.93. The molecule has 104 valence electrons. The average Bonchev–Trinajstić information content (AvgIpc) is 2.51. The minimum Gasteiger partial charge on any atom is -0.453 e. The molecule has 1 aromatic carbocycles. The number of pyridine rings is 1. The molecule has 4 nitrogen and oxygen atoms in total. The molecule has 1 aliphatic rings. The first kappa shape index (κ1) is 13.2. The van der Waals surface area contributed by atoms with E-state index in [0.717, 1.165) is 43.5 Å². The van der Waals surface area contributed by atoms with Gasteiger partial charge in [0.15, 0.2) is 11.6 Å². The number of rotatable bonds is 3. The summed E-state index contributed by atoms with van der Waals surface area (Å²) in [5, 5.41) is 4.03. The molecule has 0 atom stereocenters. The van der Waals surface area contributed by atoms with Gasteiger partial charge in [0, 0.05) is 37.4 Å². The van der Waals surface area contributed by atoms with E-state index in [0.29, 0.717) is 5.02 Å². The normalized spacial score (nSPS) is 15.2. The molecule has 3 rings (SSSR count). The van der Waals surface area contributed by atoms with Crippen LogP contribution in [0.25, 0.3) is 0 Å². The number of piperazine rings is 1. The van der Waals surface area contributed by atoms with E-state index in [9.17, 15) is 0 Å². The predicted molar refractivity (Wildman–Crippen MR) is 80.8 cm³/mol. The fraction of sp³-hybridized carbons (Fsp3) is 0.267. The van der Waals surface area contributed by atoms with Crippen molar-refractivity contribution in [2.75, 3.05) is 31.1 Å². The van der Waals surface area contributed by atoms with Gasteiger partial charge in [0.25, 0.3) is 0 Å². The van der Waals surface area contributed by atoms with E-state index in [2.05, 4.69) is 15.2 Å². The fourth-order valence-corrected chi connectivity index (χ4v) is 2.33. The Morgan fingerprint density at radius 1 is 1.10 bits per heavy atom. The van der Waals surface area contributed by atoms with Gasteiger partial charge in [-0.05, 0) is 36.4 Å². The minimum atomic E-state index is 0.700. The highest BCUT2D eigenvalue weighted by molar-refractivity contribution is 6.30. The van der Waals surface area contributed by atoms with Crippen LogP contribution in [0.3, 0.4) is 0 Å². The van der Waals surface area contributed by atoms with Crippen LogP contribution in [0, 0.1) is 0 Å². The van der Waals surface area contributed by atoms with Crippen molar-refractivity contribution in [2.24, 2.45) is 0 Å². The van der Waals surface area contributed by atoms with Crippen LogP contribution in [0.2, 0.25) is 5.02 Å². The molecule has 1 aromatic heterocycles. The molecule has 1 saturated heterocycles. The second kappa shape index (κ2) is 6.11. The number of hydrogen-bond acceptors (Lipinski definition) is 4. The van der Waals surface area contributed by atoms with Crippen LogP contribution in [0.1, 0.15) is 0 Å². The van der Waals surface area contributed by atoms with Gasteiger partial charge in [-0.3, -0.25) is 0 Å². The lowest BCUT2D eigenvalue weighted by atomic mass is 10.3. The molecule has 1 fully saturated rings. The second-order valence-corrected chi connectivity index (χ2v) is 5.05. The van der Waals surface area contributed by atoms with E-state index in [1.54, 1.807) is 6.20 Å². The average molecular weight is 290 g/mol. The van der Waals surface area contributed by atoms with E-state index in [4.69, 9.17) is 16.3 Å². The third-order valence-corrected chi connectivity index (χ3v) is 3.46. The first-order chi connectivity index (χ1) is 9.83. The highest BCUT2D eigenvalue weighted by Crippen LogP contribution is 2.30. The summed E-state index contributed by atoms with van der Waals surface area (Å²) >= 11 is 5.88. The number of aromatic nitrogens is 1. The van der Waals surface area contributed by atoms with E-state index >= 15 is 0 Å². The molecule has 0 bridgehead atoms. The smallest absolute Gasteiger partial charge is 0.172 e. The van der Waals surface area contributed by atoms with Gasteiger partial charge < -0.3 is 15.0 Å². The Balaban J connectivity index is 1.83. The molecular weight excluding hydrogens is 274 g/mol. The molecule has 1 aliphatic heterocycles. The van der Waals surface area contributed by atoms with Gasteiger partial charge in [-0.25, -0.2) is 4.98 Å². The van der Waals surface area contributed by atoms with Crippen molar-refractivity contribution < 1.29 is 4.74 Å². The molecule has 0 spiro atoms. The zero-order valence-electron chi connectivity index (χ0n) is 11.1. The highest BCUT2D eigenvalue weighted by Gasteiger charge is 2.16. The van der Waals surface area contributed by atoms with Crippen LogP contribution in [0.15, 0.2) is 42.6 Å². The lowest BCUT2D eigenvalue weighted by Crippen LogP contribution is -2.44. The van der Waals surface area contributed by atoms with Gasteiger partial charge in [-0.1, -0.05) is 11.6 Å². The third-order valence-electron chi connectivity index (χ3n) is 3.21. The van der Waals surface area contributed by atoms with E-state index < -0.39 is 0 Å². The maximum absolute atomic E-state index is 5.93. The zero-order valence-corrected chi connectivity index (χ0v) is 11.8. The Bertz CT molecular complexity index is 568. The minimum absolute atomic E-state index is 0.700. The summed E-state index contributed by atoms with van der Waals surface area (Å²) in [5.74, 6) is 2.43. The monoisotopic (exact) mass is 289 g/mol. The first-order valence-electron chi connectivity index (χ1n) is 6.67. The number of nitrogens with zero attached hydrogens (tertiary/aromatic N) is 2. The van der Waals surface area contributed by atoms with Gasteiger partial charge in [0.1, 0.15) is 5.75 Å². The summed E-state index contributed by atoms with van der Waals surface area (Å²) in [4.78, 5) is 6.70. The zero-order chi connectivity index (χ0) is 13.8. The summed E-state index contributed by atoms with van der Waals surface area (Å²) in [7, 11) is 0. The number of anilines is 1. The van der Waals surface area contributed by atoms with Crippen molar-refractivity contribution in [2.45, 2.75) is 0 Å². The van der Waals surface area contributed by atoms with Crippen LogP contribution < -0.4 is 15.0 Å². The van der Waals surface area contributed by atoms with Gasteiger partial charge in [-0.2, -0.15) is 0 Å². The van der Waals surface area contributed by atoms with Crippen LogP contribution in [-0.2, 0) is 0 Å². The van der Waals surface area contributed by atoms with Crippen LogP contribution in [-0.4, -0.2) is 31.2 Å². The quantitative estimate of drug-likeness (QED) is 0.943. The molecule has 20 heavy (non-hydrogen) atoms. The van der Waals surface area contributed by atoms with Crippen molar-refractivity contribution in [3.63, 3.8) is 0 Å². The Morgan fingerprint density at radius 2 is 1.85 bits per heavy atom. The molecule has 0 radical (unpaired) electrons. The molecule has 5 heteroatoms. The first-order valence-corrected chi connectivity index (χ1v) is 7.05. The van der Waals surface area contributed by atoms with Crippen LogP contribution >= 0.6 is 11.6 Å². The third kappa shape index (κ3) is 3.03. The summed E-state index contributed by atoms with van der Waals surface area (Å²) in [6, 6.07) is 11.2. The van der Waals surface area contributed by atoms with E-state index in [1.807, 2.05) is 36.4 Å². The fourth-order valence-electron chi connectivity index (χ4n) is 2.21. The number of halogens is 1. The van der Waals surface area contributed by atoms with Crippen LogP contribution in [0.4, 0.5) is 5.82 Å². The lowest BCUT2D eigenvalue weighted by Gasteiger charge is -2.29. The van der Waals surface area contributed by atoms with Gasteiger partial charge in [0.2, 0.25) is 0 Å². The van der Waals surface area contributed by atoms with E-state index in [1.165, 1.54) is 0 Å². The largest absolute Gasteiger partial charge is 0.453 e.